The van der Waals surface area contributed by atoms with Crippen LogP contribution in [0.3, 0.4) is 0 Å². The Morgan fingerprint density at radius 2 is 2.00 bits per heavy atom. The number of hydrogen-bond donors (Lipinski definition) is 0. The molecule has 1 aliphatic rings. The molecule has 15 heavy (non-hydrogen) atoms. The second-order valence-electron chi connectivity index (χ2n) is 3.33. The molecule has 0 saturated heterocycles. The van der Waals surface area contributed by atoms with Crippen molar-refractivity contribution in [2.75, 3.05) is 0 Å². The molecule has 1 aliphatic carbocycles. The zero-order chi connectivity index (χ0) is 10.1. The van der Waals surface area contributed by atoms with Crippen LogP contribution >= 0.6 is 0 Å². The van der Waals surface area contributed by atoms with Gasteiger partial charge in [-0.15, -0.1) is 0 Å². The summed E-state index contributed by atoms with van der Waals surface area (Å²) >= 11 is -2.20. The van der Waals surface area contributed by atoms with Crippen LogP contribution in [0.2, 0.25) is 0 Å². The molecule has 0 saturated carbocycles. The van der Waals surface area contributed by atoms with Gasteiger partial charge in [0, 0.05) is 16.9 Å². The molecular weight excluding hydrogens is 223 g/mol. The summed E-state index contributed by atoms with van der Waals surface area (Å²) in [5.41, 5.74) is 1.55. The number of carbonyl (C=O) groups excluding carboxylic acids is 1. The van der Waals surface area contributed by atoms with Crippen molar-refractivity contribution in [3.05, 3.63) is 29.3 Å². The van der Waals surface area contributed by atoms with Gasteiger partial charge in [-0.2, -0.15) is 0 Å². The minimum atomic E-state index is -2.20. The van der Waals surface area contributed by atoms with Crippen LogP contribution < -0.4 is 29.6 Å². The standard InChI is InChI=1S/C10H10O3S.Na/c11-10-3-1-2-7-6-8(14(12)13)4-5-9(7)10;/h4-6H,1-3H2,(H,12,13);/q;+1/p-1. The number of Topliss-reactive ketones (excluding diaryl/α,β-unsaturated/α-hetero) is 1. The second-order valence-corrected chi connectivity index (χ2v) is 4.27. The molecule has 74 valence electrons. The third-order valence-corrected chi connectivity index (χ3v) is 3.06. The van der Waals surface area contributed by atoms with E-state index < -0.39 is 11.1 Å². The minimum Gasteiger partial charge on any atom is -0.768 e. The Hall–Kier alpha value is 0. The van der Waals surface area contributed by atoms with E-state index in [1.807, 2.05) is 0 Å². The number of benzene rings is 1. The number of carbonyl (C=O) groups is 1. The van der Waals surface area contributed by atoms with E-state index in [-0.39, 0.29) is 40.2 Å². The Morgan fingerprint density at radius 1 is 1.27 bits per heavy atom. The van der Waals surface area contributed by atoms with Crippen LogP contribution in [0.4, 0.5) is 0 Å². The number of aryl methyl sites for hydroxylation is 1. The Balaban J connectivity index is 0.00000112. The SMILES string of the molecule is O=C1CCCc2cc(S(=O)[O-])ccc21.[Na+]. The van der Waals surface area contributed by atoms with Gasteiger partial charge in [0.25, 0.3) is 0 Å². The normalized spacial score (nSPS) is 16.5. The van der Waals surface area contributed by atoms with Crippen molar-refractivity contribution >= 4 is 16.9 Å². The zero-order valence-electron chi connectivity index (χ0n) is 8.49. The van der Waals surface area contributed by atoms with Crippen LogP contribution in [0.5, 0.6) is 0 Å². The van der Waals surface area contributed by atoms with E-state index in [0.29, 0.717) is 12.0 Å². The number of fused-ring (bicyclic) bond motifs is 1. The van der Waals surface area contributed by atoms with Crippen LogP contribution in [0.25, 0.3) is 0 Å². The predicted molar refractivity (Wildman–Crippen MR) is 50.9 cm³/mol. The Morgan fingerprint density at radius 3 is 2.67 bits per heavy atom. The van der Waals surface area contributed by atoms with Crippen molar-refractivity contribution in [2.24, 2.45) is 0 Å². The molecule has 1 atom stereocenters. The summed E-state index contributed by atoms with van der Waals surface area (Å²) in [5.74, 6) is 0.120. The van der Waals surface area contributed by atoms with Gasteiger partial charge < -0.3 is 4.55 Å². The fourth-order valence-corrected chi connectivity index (χ4v) is 2.14. The van der Waals surface area contributed by atoms with Crippen LogP contribution in [0, 0.1) is 0 Å². The summed E-state index contributed by atoms with van der Waals surface area (Å²) in [6.45, 7) is 0. The molecule has 0 heterocycles. The van der Waals surface area contributed by atoms with Crippen molar-refractivity contribution in [3.63, 3.8) is 0 Å². The van der Waals surface area contributed by atoms with E-state index in [9.17, 15) is 13.6 Å². The third-order valence-electron chi connectivity index (χ3n) is 2.42. The van der Waals surface area contributed by atoms with Crippen LogP contribution in [0.1, 0.15) is 28.8 Å². The Labute approximate surface area is 113 Å². The number of ketones is 1. The number of hydrogen-bond acceptors (Lipinski definition) is 3. The Kier molecular flexibility index (Phi) is 4.67. The van der Waals surface area contributed by atoms with Gasteiger partial charge in [-0.05, 0) is 47.7 Å². The van der Waals surface area contributed by atoms with E-state index in [1.54, 1.807) is 12.1 Å². The van der Waals surface area contributed by atoms with E-state index in [4.69, 9.17) is 0 Å². The monoisotopic (exact) mass is 232 g/mol. The van der Waals surface area contributed by atoms with Gasteiger partial charge in [0.1, 0.15) is 0 Å². The first-order chi connectivity index (χ1) is 6.68. The fourth-order valence-electron chi connectivity index (χ4n) is 1.73. The molecule has 0 bridgehead atoms. The molecular formula is C10H9NaO3S. The maximum absolute atomic E-state index is 11.4. The molecule has 0 fully saturated rings. The molecule has 1 aromatic rings. The van der Waals surface area contributed by atoms with E-state index >= 15 is 0 Å². The van der Waals surface area contributed by atoms with Crippen LogP contribution in [-0.2, 0) is 17.5 Å². The van der Waals surface area contributed by atoms with Gasteiger partial charge in [-0.1, -0.05) is 0 Å². The topological polar surface area (TPSA) is 57.2 Å². The summed E-state index contributed by atoms with van der Waals surface area (Å²) in [6, 6.07) is 4.68. The van der Waals surface area contributed by atoms with Crippen molar-refractivity contribution < 1.29 is 43.1 Å². The maximum atomic E-state index is 11.4. The first-order valence-corrected chi connectivity index (χ1v) is 5.51. The van der Waals surface area contributed by atoms with Gasteiger partial charge in [-0.3, -0.25) is 9.00 Å². The van der Waals surface area contributed by atoms with Crippen molar-refractivity contribution in [2.45, 2.75) is 24.2 Å². The van der Waals surface area contributed by atoms with E-state index in [1.165, 1.54) is 6.07 Å². The molecule has 0 N–H and O–H groups in total. The molecule has 0 aromatic heterocycles. The molecule has 3 nitrogen and oxygen atoms in total. The number of rotatable bonds is 1. The van der Waals surface area contributed by atoms with E-state index in [0.717, 1.165) is 18.4 Å². The smallest absolute Gasteiger partial charge is 0.768 e. The van der Waals surface area contributed by atoms with Gasteiger partial charge in [0.2, 0.25) is 0 Å². The molecule has 0 radical (unpaired) electrons. The maximum Gasteiger partial charge on any atom is 1.00 e. The quantitative estimate of drug-likeness (QED) is 0.435. The summed E-state index contributed by atoms with van der Waals surface area (Å²) in [5, 5.41) is 0. The van der Waals surface area contributed by atoms with Crippen LogP contribution in [0.15, 0.2) is 23.1 Å². The largest absolute Gasteiger partial charge is 1.00 e. The molecule has 5 heteroatoms. The van der Waals surface area contributed by atoms with E-state index in [2.05, 4.69) is 0 Å². The fraction of sp³-hybridized carbons (Fsp3) is 0.300. The predicted octanol–water partition coefficient (Wildman–Crippen LogP) is -1.55. The van der Waals surface area contributed by atoms with Crippen molar-refractivity contribution in [1.29, 1.82) is 0 Å². The summed E-state index contributed by atoms with van der Waals surface area (Å²) in [6.07, 6.45) is 2.19. The molecule has 0 spiro atoms. The summed E-state index contributed by atoms with van der Waals surface area (Å²) in [4.78, 5) is 11.7. The first kappa shape index (κ1) is 13.1. The van der Waals surface area contributed by atoms with Crippen LogP contribution in [-0.4, -0.2) is 14.5 Å². The van der Waals surface area contributed by atoms with Gasteiger partial charge in [-0.25, -0.2) is 0 Å². The van der Waals surface area contributed by atoms with Gasteiger partial charge >= 0.3 is 29.6 Å². The second kappa shape index (κ2) is 5.37. The zero-order valence-corrected chi connectivity index (χ0v) is 11.3. The Bertz CT molecular complexity index is 417. The first-order valence-electron chi connectivity index (χ1n) is 4.44. The molecule has 0 amide bonds. The van der Waals surface area contributed by atoms with Gasteiger partial charge in [0.15, 0.2) is 5.78 Å². The van der Waals surface area contributed by atoms with Crippen molar-refractivity contribution in [1.82, 2.24) is 0 Å². The van der Waals surface area contributed by atoms with Gasteiger partial charge in [0.05, 0.1) is 0 Å². The minimum absolute atomic E-state index is 0. The molecule has 1 unspecified atom stereocenters. The molecule has 2 rings (SSSR count). The summed E-state index contributed by atoms with van der Waals surface area (Å²) < 4.78 is 21.4. The molecule has 0 aliphatic heterocycles. The average Bonchev–Trinajstić information content (AvgIpc) is 2.17. The van der Waals surface area contributed by atoms with Crippen molar-refractivity contribution in [3.8, 4) is 0 Å². The third kappa shape index (κ3) is 2.77. The average molecular weight is 232 g/mol. The molecule has 1 aromatic carbocycles. The summed E-state index contributed by atoms with van der Waals surface area (Å²) in [7, 11) is 0.